The molecule has 0 spiro atoms. The van der Waals surface area contributed by atoms with E-state index in [4.69, 9.17) is 4.74 Å². The molecule has 3 aromatic rings. The molecule has 0 radical (unpaired) electrons. The summed E-state index contributed by atoms with van der Waals surface area (Å²) < 4.78 is 5.16. The van der Waals surface area contributed by atoms with Crippen LogP contribution in [0.5, 0.6) is 0 Å². The van der Waals surface area contributed by atoms with Gasteiger partial charge in [0.1, 0.15) is 0 Å². The van der Waals surface area contributed by atoms with E-state index in [2.05, 4.69) is 10.6 Å². The molecule has 28 heavy (non-hydrogen) atoms. The van der Waals surface area contributed by atoms with Gasteiger partial charge in [0.05, 0.1) is 29.1 Å². The summed E-state index contributed by atoms with van der Waals surface area (Å²) in [5, 5.41) is 15.9. The van der Waals surface area contributed by atoms with E-state index < -0.39 is 11.9 Å². The monoisotopic (exact) mass is 376 g/mol. The summed E-state index contributed by atoms with van der Waals surface area (Å²) in [5.41, 5.74) is 2.39. The number of carbonyl (C=O) groups excluding carboxylic acids is 1. The molecule has 0 fully saturated rings. The van der Waals surface area contributed by atoms with Crippen LogP contribution < -0.4 is 10.6 Å². The number of nitrogens with one attached hydrogen (secondary N) is 2. The van der Waals surface area contributed by atoms with Crippen LogP contribution in [0.4, 0.5) is 22.7 Å². The first-order valence-electron chi connectivity index (χ1n) is 8.81. The van der Waals surface area contributed by atoms with Crippen molar-refractivity contribution in [2.24, 2.45) is 0 Å². The Morgan fingerprint density at radius 2 is 1.29 bits per heavy atom. The van der Waals surface area contributed by atoms with Crippen molar-refractivity contribution in [2.75, 3.05) is 17.2 Å². The molecule has 3 rings (SSSR count). The molecule has 0 saturated heterocycles. The highest BCUT2D eigenvalue weighted by molar-refractivity contribution is 6.03. The number of hydrogen-bond acceptors (Lipinski definition) is 5. The van der Waals surface area contributed by atoms with Gasteiger partial charge in [0.25, 0.3) is 0 Å². The second kappa shape index (κ2) is 8.73. The third-order valence-electron chi connectivity index (χ3n) is 3.99. The number of benzene rings is 3. The minimum Gasteiger partial charge on any atom is -0.478 e. The minimum absolute atomic E-state index is 0.0373. The lowest BCUT2D eigenvalue weighted by atomic mass is 10.0. The number of esters is 1. The molecule has 6 nitrogen and oxygen atoms in total. The van der Waals surface area contributed by atoms with Crippen LogP contribution in [-0.4, -0.2) is 23.7 Å². The van der Waals surface area contributed by atoms with Gasteiger partial charge in [0.15, 0.2) is 0 Å². The maximum atomic E-state index is 12.5. The minimum atomic E-state index is -1.11. The van der Waals surface area contributed by atoms with Crippen molar-refractivity contribution in [3.05, 3.63) is 83.9 Å². The third-order valence-corrected chi connectivity index (χ3v) is 3.99. The zero-order valence-electron chi connectivity index (χ0n) is 15.3. The van der Waals surface area contributed by atoms with Crippen LogP contribution in [0.15, 0.2) is 72.8 Å². The van der Waals surface area contributed by atoms with Gasteiger partial charge in [-0.2, -0.15) is 0 Å². The van der Waals surface area contributed by atoms with E-state index in [-0.39, 0.29) is 17.7 Å². The molecule has 0 heterocycles. The zero-order chi connectivity index (χ0) is 19.9. The molecular weight excluding hydrogens is 356 g/mol. The number of ether oxygens (including phenoxy) is 1. The van der Waals surface area contributed by atoms with Crippen LogP contribution in [0.25, 0.3) is 0 Å². The van der Waals surface area contributed by atoms with E-state index in [1.165, 1.54) is 12.1 Å². The predicted molar refractivity (Wildman–Crippen MR) is 109 cm³/mol. The number of para-hydroxylation sites is 2. The van der Waals surface area contributed by atoms with Gasteiger partial charge < -0.3 is 20.5 Å². The van der Waals surface area contributed by atoms with Gasteiger partial charge in [0.2, 0.25) is 0 Å². The van der Waals surface area contributed by atoms with Crippen LogP contribution in [0.3, 0.4) is 0 Å². The van der Waals surface area contributed by atoms with Gasteiger partial charge in [-0.25, -0.2) is 9.59 Å². The second-order valence-corrected chi connectivity index (χ2v) is 5.95. The number of hydrogen-bond donors (Lipinski definition) is 3. The second-order valence-electron chi connectivity index (χ2n) is 5.95. The third kappa shape index (κ3) is 4.48. The van der Waals surface area contributed by atoms with E-state index in [1.54, 1.807) is 6.92 Å². The first-order valence-corrected chi connectivity index (χ1v) is 8.81. The number of anilines is 4. The molecule has 0 unspecified atom stereocenters. The zero-order valence-corrected chi connectivity index (χ0v) is 15.3. The maximum absolute atomic E-state index is 12.5. The molecule has 3 N–H and O–H groups in total. The normalized spacial score (nSPS) is 10.2. The highest BCUT2D eigenvalue weighted by Gasteiger charge is 2.20. The molecule has 0 atom stereocenters. The van der Waals surface area contributed by atoms with Gasteiger partial charge in [0, 0.05) is 11.4 Å². The summed E-state index contributed by atoms with van der Waals surface area (Å²) in [7, 11) is 0. The van der Waals surface area contributed by atoms with E-state index in [1.807, 2.05) is 60.7 Å². The molecule has 0 aliphatic heterocycles. The lowest BCUT2D eigenvalue weighted by Gasteiger charge is -2.16. The molecule has 0 bridgehead atoms. The number of carbonyl (C=O) groups is 2. The van der Waals surface area contributed by atoms with Crippen LogP contribution in [0.1, 0.15) is 27.6 Å². The van der Waals surface area contributed by atoms with Crippen LogP contribution in [0, 0.1) is 0 Å². The largest absolute Gasteiger partial charge is 0.478 e. The molecular formula is C22H20N2O4. The molecule has 0 aromatic heterocycles. The predicted octanol–water partition coefficient (Wildman–Crippen LogP) is 5.05. The Balaban J connectivity index is 2.08. The smallest absolute Gasteiger partial charge is 0.340 e. The summed E-state index contributed by atoms with van der Waals surface area (Å²) in [6, 6.07) is 21.3. The molecule has 0 aliphatic carbocycles. The topological polar surface area (TPSA) is 87.7 Å². The van der Waals surface area contributed by atoms with Gasteiger partial charge in [-0.15, -0.1) is 0 Å². The first-order chi connectivity index (χ1) is 13.6. The van der Waals surface area contributed by atoms with Crippen molar-refractivity contribution >= 4 is 34.7 Å². The number of rotatable bonds is 7. The van der Waals surface area contributed by atoms with E-state index in [0.717, 1.165) is 5.69 Å². The van der Waals surface area contributed by atoms with Crippen LogP contribution in [-0.2, 0) is 4.74 Å². The van der Waals surface area contributed by atoms with Crippen LogP contribution in [0.2, 0.25) is 0 Å². The Morgan fingerprint density at radius 3 is 1.75 bits per heavy atom. The average Bonchev–Trinajstić information content (AvgIpc) is 2.70. The highest BCUT2D eigenvalue weighted by atomic mass is 16.5. The molecule has 142 valence electrons. The molecule has 0 aliphatic rings. The Kier molecular flexibility index (Phi) is 5.91. The highest BCUT2D eigenvalue weighted by Crippen LogP contribution is 2.31. The molecule has 0 saturated carbocycles. The Hall–Kier alpha value is -3.80. The SMILES string of the molecule is CCOC(=O)c1cc(Nc2ccccc2)c(C(=O)O)cc1Nc1ccccc1. The van der Waals surface area contributed by atoms with Crippen molar-refractivity contribution in [1.29, 1.82) is 0 Å². The summed E-state index contributed by atoms with van der Waals surface area (Å²) in [6.07, 6.45) is 0. The summed E-state index contributed by atoms with van der Waals surface area (Å²) >= 11 is 0. The van der Waals surface area contributed by atoms with Gasteiger partial charge in [-0.05, 0) is 43.3 Å². The van der Waals surface area contributed by atoms with Crippen molar-refractivity contribution in [3.8, 4) is 0 Å². The lowest BCUT2D eigenvalue weighted by Crippen LogP contribution is -2.12. The van der Waals surface area contributed by atoms with Crippen molar-refractivity contribution in [2.45, 2.75) is 6.92 Å². The Bertz CT molecular complexity index is 973. The van der Waals surface area contributed by atoms with Crippen molar-refractivity contribution in [1.82, 2.24) is 0 Å². The van der Waals surface area contributed by atoms with E-state index in [9.17, 15) is 14.7 Å². The van der Waals surface area contributed by atoms with Gasteiger partial charge >= 0.3 is 11.9 Å². The first kappa shape index (κ1) is 19.0. The number of carboxylic acid groups (broad SMARTS) is 1. The Morgan fingerprint density at radius 1 is 0.821 bits per heavy atom. The lowest BCUT2D eigenvalue weighted by molar-refractivity contribution is 0.0526. The van der Waals surface area contributed by atoms with E-state index >= 15 is 0 Å². The van der Waals surface area contributed by atoms with Crippen molar-refractivity contribution in [3.63, 3.8) is 0 Å². The summed E-state index contributed by atoms with van der Waals surface area (Å²) in [5.74, 6) is -1.64. The van der Waals surface area contributed by atoms with Gasteiger partial charge in [-0.3, -0.25) is 0 Å². The van der Waals surface area contributed by atoms with Crippen LogP contribution >= 0.6 is 0 Å². The fourth-order valence-electron chi connectivity index (χ4n) is 2.72. The number of aromatic carboxylic acids is 1. The quantitative estimate of drug-likeness (QED) is 0.500. The summed E-state index contributed by atoms with van der Waals surface area (Å²) in [6.45, 7) is 1.93. The van der Waals surface area contributed by atoms with Gasteiger partial charge in [-0.1, -0.05) is 36.4 Å². The fraction of sp³-hybridized carbons (Fsp3) is 0.0909. The maximum Gasteiger partial charge on any atom is 0.340 e. The molecule has 3 aromatic carbocycles. The molecule has 0 amide bonds. The molecule has 6 heteroatoms. The number of carboxylic acids is 1. The fourth-order valence-corrected chi connectivity index (χ4v) is 2.72. The average molecular weight is 376 g/mol. The van der Waals surface area contributed by atoms with Crippen molar-refractivity contribution < 1.29 is 19.4 Å². The Labute approximate surface area is 162 Å². The van der Waals surface area contributed by atoms with E-state index in [0.29, 0.717) is 17.1 Å². The standard InChI is InChI=1S/C22H20N2O4/c1-2-28-22(27)18-14-19(23-15-9-5-3-6-10-15)17(21(25)26)13-20(18)24-16-11-7-4-8-12-16/h3-14,23-24H,2H2,1H3,(H,25,26). The summed E-state index contributed by atoms with van der Waals surface area (Å²) in [4.78, 5) is 24.3.